The Morgan fingerprint density at radius 2 is 1.96 bits per heavy atom. The number of anilines is 1. The molecule has 0 spiro atoms. The summed E-state index contributed by atoms with van der Waals surface area (Å²) in [7, 11) is 0. The van der Waals surface area contributed by atoms with E-state index in [1.54, 1.807) is 24.3 Å². The lowest BCUT2D eigenvalue weighted by molar-refractivity contribution is -0.129. The molecule has 0 saturated carbocycles. The molecule has 2 aromatic rings. The van der Waals surface area contributed by atoms with Gasteiger partial charge in [0, 0.05) is 12.2 Å². The zero-order valence-corrected chi connectivity index (χ0v) is 14.0. The molecule has 0 bridgehead atoms. The molecule has 1 aliphatic rings. The third-order valence-corrected chi connectivity index (χ3v) is 4.21. The molecule has 1 heterocycles. The molecule has 0 radical (unpaired) electrons. The predicted octanol–water partition coefficient (Wildman–Crippen LogP) is 2.64. The van der Waals surface area contributed by atoms with Crippen molar-refractivity contribution < 1.29 is 18.7 Å². The molecular formula is C18H16ClFN2O3. The highest BCUT2D eigenvalue weighted by atomic mass is 35.5. The van der Waals surface area contributed by atoms with Gasteiger partial charge in [-0.05, 0) is 36.4 Å². The van der Waals surface area contributed by atoms with Crippen LogP contribution in [0.1, 0.15) is 10.4 Å². The summed E-state index contributed by atoms with van der Waals surface area (Å²) in [5, 5.41) is 3.13. The number of hydrogen-bond acceptors (Lipinski definition) is 3. The lowest BCUT2D eigenvalue weighted by atomic mass is 10.2. The van der Waals surface area contributed by atoms with Crippen LogP contribution in [-0.2, 0) is 9.53 Å². The van der Waals surface area contributed by atoms with E-state index in [-0.39, 0.29) is 43.4 Å². The van der Waals surface area contributed by atoms with Crippen molar-refractivity contribution in [1.29, 1.82) is 0 Å². The summed E-state index contributed by atoms with van der Waals surface area (Å²) in [5.74, 6) is -0.882. The van der Waals surface area contributed by atoms with Crippen LogP contribution in [0.5, 0.6) is 0 Å². The van der Waals surface area contributed by atoms with Crippen LogP contribution in [0.4, 0.5) is 10.1 Å². The molecule has 2 amide bonds. The van der Waals surface area contributed by atoms with Gasteiger partial charge in [0.25, 0.3) is 11.8 Å². The maximum atomic E-state index is 13.0. The van der Waals surface area contributed by atoms with E-state index in [0.29, 0.717) is 16.3 Å². The standard InChI is InChI=1S/C18H16ClFN2O3/c19-16-4-2-1-3-15(16)18(24)21-9-14-10-22(17(23)11-25-14)13-7-5-12(20)6-8-13/h1-8,14H,9-11H2,(H,21,24). The third-order valence-electron chi connectivity index (χ3n) is 3.88. The van der Waals surface area contributed by atoms with E-state index in [1.165, 1.54) is 29.2 Å². The van der Waals surface area contributed by atoms with Crippen LogP contribution in [0.15, 0.2) is 48.5 Å². The summed E-state index contributed by atoms with van der Waals surface area (Å²) in [6.07, 6.45) is -0.366. The maximum Gasteiger partial charge on any atom is 0.253 e. The summed E-state index contributed by atoms with van der Waals surface area (Å²) in [4.78, 5) is 25.7. The molecule has 1 aliphatic heterocycles. The van der Waals surface area contributed by atoms with Gasteiger partial charge < -0.3 is 15.0 Å². The van der Waals surface area contributed by atoms with E-state index in [1.807, 2.05) is 0 Å². The van der Waals surface area contributed by atoms with Crippen LogP contribution < -0.4 is 10.2 Å². The summed E-state index contributed by atoms with van der Waals surface area (Å²) in [5.41, 5.74) is 0.976. The smallest absolute Gasteiger partial charge is 0.253 e. The Labute approximate surface area is 149 Å². The minimum absolute atomic E-state index is 0.0932. The minimum atomic E-state index is -0.368. The monoisotopic (exact) mass is 362 g/mol. The van der Waals surface area contributed by atoms with E-state index in [2.05, 4.69) is 5.32 Å². The van der Waals surface area contributed by atoms with Crippen LogP contribution >= 0.6 is 11.6 Å². The summed E-state index contributed by atoms with van der Waals surface area (Å²) in [6.45, 7) is 0.409. The van der Waals surface area contributed by atoms with Gasteiger partial charge in [-0.3, -0.25) is 9.59 Å². The molecule has 0 aliphatic carbocycles. The molecule has 1 unspecified atom stereocenters. The fourth-order valence-electron chi connectivity index (χ4n) is 2.57. The molecule has 7 heteroatoms. The fourth-order valence-corrected chi connectivity index (χ4v) is 2.79. The summed E-state index contributed by atoms with van der Waals surface area (Å²) >= 11 is 6.00. The van der Waals surface area contributed by atoms with Crippen molar-refractivity contribution in [1.82, 2.24) is 5.32 Å². The highest BCUT2D eigenvalue weighted by Crippen LogP contribution is 2.19. The van der Waals surface area contributed by atoms with Crippen LogP contribution in [0.25, 0.3) is 0 Å². The lowest BCUT2D eigenvalue weighted by Gasteiger charge is -2.32. The first-order valence-corrected chi connectivity index (χ1v) is 8.12. The highest BCUT2D eigenvalue weighted by Gasteiger charge is 2.28. The second-order valence-electron chi connectivity index (χ2n) is 5.60. The molecular weight excluding hydrogens is 347 g/mol. The van der Waals surface area contributed by atoms with Gasteiger partial charge in [0.2, 0.25) is 0 Å². The SMILES string of the molecule is O=C(NCC1CN(c2ccc(F)cc2)C(=O)CO1)c1ccccc1Cl. The number of morpholine rings is 1. The number of nitrogens with zero attached hydrogens (tertiary/aromatic N) is 1. The predicted molar refractivity (Wildman–Crippen MR) is 92.3 cm³/mol. The minimum Gasteiger partial charge on any atom is -0.365 e. The Morgan fingerprint density at radius 1 is 1.24 bits per heavy atom. The van der Waals surface area contributed by atoms with Crippen LogP contribution in [-0.4, -0.2) is 37.6 Å². The van der Waals surface area contributed by atoms with Crippen LogP contribution in [0.2, 0.25) is 5.02 Å². The molecule has 1 fully saturated rings. The maximum absolute atomic E-state index is 13.0. The van der Waals surface area contributed by atoms with E-state index in [4.69, 9.17) is 16.3 Å². The molecule has 0 aromatic heterocycles. The average Bonchev–Trinajstić information content (AvgIpc) is 2.62. The van der Waals surface area contributed by atoms with Crippen molar-refractivity contribution in [2.24, 2.45) is 0 Å². The quantitative estimate of drug-likeness (QED) is 0.909. The molecule has 1 saturated heterocycles. The van der Waals surface area contributed by atoms with E-state index >= 15 is 0 Å². The van der Waals surface area contributed by atoms with Crippen molar-refractivity contribution in [3.8, 4) is 0 Å². The number of ether oxygens (including phenoxy) is 1. The summed E-state index contributed by atoms with van der Waals surface area (Å²) < 4.78 is 18.5. The Balaban J connectivity index is 1.62. The number of nitrogens with one attached hydrogen (secondary N) is 1. The number of carbonyl (C=O) groups excluding carboxylic acids is 2. The highest BCUT2D eigenvalue weighted by molar-refractivity contribution is 6.33. The molecule has 1 N–H and O–H groups in total. The number of hydrogen-bond donors (Lipinski definition) is 1. The number of rotatable bonds is 4. The van der Waals surface area contributed by atoms with Crippen LogP contribution in [0, 0.1) is 5.82 Å². The van der Waals surface area contributed by atoms with Gasteiger partial charge >= 0.3 is 0 Å². The largest absolute Gasteiger partial charge is 0.365 e. The van der Waals surface area contributed by atoms with Crippen molar-refractivity contribution in [3.05, 3.63) is 64.9 Å². The molecule has 5 nitrogen and oxygen atoms in total. The zero-order chi connectivity index (χ0) is 17.8. The molecule has 2 aromatic carbocycles. The van der Waals surface area contributed by atoms with Crippen molar-refractivity contribution in [2.45, 2.75) is 6.10 Å². The Bertz CT molecular complexity index is 782. The normalized spacial score (nSPS) is 17.4. The van der Waals surface area contributed by atoms with E-state index in [0.717, 1.165) is 0 Å². The molecule has 130 valence electrons. The van der Waals surface area contributed by atoms with Crippen LogP contribution in [0.3, 0.4) is 0 Å². The van der Waals surface area contributed by atoms with Crippen molar-refractivity contribution in [2.75, 3.05) is 24.6 Å². The van der Waals surface area contributed by atoms with E-state index < -0.39 is 0 Å². The zero-order valence-electron chi connectivity index (χ0n) is 13.2. The van der Waals surface area contributed by atoms with E-state index in [9.17, 15) is 14.0 Å². The second-order valence-corrected chi connectivity index (χ2v) is 6.01. The van der Waals surface area contributed by atoms with Crippen molar-refractivity contribution >= 4 is 29.1 Å². The van der Waals surface area contributed by atoms with Gasteiger partial charge in [0.1, 0.15) is 12.4 Å². The van der Waals surface area contributed by atoms with Gasteiger partial charge in [-0.2, -0.15) is 0 Å². The fraction of sp³-hybridized carbons (Fsp3) is 0.222. The summed E-state index contributed by atoms with van der Waals surface area (Å²) in [6, 6.07) is 12.4. The topological polar surface area (TPSA) is 58.6 Å². The first-order chi connectivity index (χ1) is 12.0. The van der Waals surface area contributed by atoms with Gasteiger partial charge in [0.15, 0.2) is 0 Å². The number of benzene rings is 2. The number of halogens is 2. The first kappa shape index (κ1) is 17.4. The Kier molecular flexibility index (Phi) is 5.31. The average molecular weight is 363 g/mol. The molecule has 3 rings (SSSR count). The number of carbonyl (C=O) groups is 2. The first-order valence-electron chi connectivity index (χ1n) is 7.75. The van der Waals surface area contributed by atoms with Gasteiger partial charge in [-0.25, -0.2) is 4.39 Å². The Morgan fingerprint density at radius 3 is 2.68 bits per heavy atom. The van der Waals surface area contributed by atoms with Gasteiger partial charge in [-0.1, -0.05) is 23.7 Å². The van der Waals surface area contributed by atoms with Gasteiger partial charge in [-0.15, -0.1) is 0 Å². The Hall–Kier alpha value is -2.44. The second kappa shape index (κ2) is 7.63. The molecule has 1 atom stereocenters. The molecule has 25 heavy (non-hydrogen) atoms. The number of amides is 2. The van der Waals surface area contributed by atoms with Crippen molar-refractivity contribution in [3.63, 3.8) is 0 Å². The van der Waals surface area contributed by atoms with Gasteiger partial charge in [0.05, 0.1) is 23.2 Å². The third kappa shape index (κ3) is 4.15. The lowest BCUT2D eigenvalue weighted by Crippen LogP contribution is -2.50.